The molecule has 1 aromatic rings. The number of Topliss-reactive ketones (excluding diaryl/α,β-unsaturated/α-hetero) is 1. The highest BCUT2D eigenvalue weighted by Gasteiger charge is 2.31. The Morgan fingerprint density at radius 1 is 1.45 bits per heavy atom. The van der Waals surface area contributed by atoms with Crippen LogP contribution in [0.5, 0.6) is 0 Å². The van der Waals surface area contributed by atoms with Gasteiger partial charge >= 0.3 is 0 Å². The standard InChI is InChI=1S/C17H27NOS/c1-4-18(12-16-6-5-9-20-16)11-15-10-14(13(2)3)7-8-17(15)19/h5-6,9,13-15H,4,7-8,10-12H2,1-3H3. The molecular formula is C17H27NOS. The van der Waals surface area contributed by atoms with E-state index in [1.54, 1.807) is 0 Å². The first-order valence-electron chi connectivity index (χ1n) is 7.87. The van der Waals surface area contributed by atoms with Crippen molar-refractivity contribution in [3.8, 4) is 0 Å². The second-order valence-corrected chi connectivity index (χ2v) is 7.38. The van der Waals surface area contributed by atoms with Crippen LogP contribution >= 0.6 is 11.3 Å². The number of hydrogen-bond acceptors (Lipinski definition) is 3. The summed E-state index contributed by atoms with van der Waals surface area (Å²) in [6.45, 7) is 9.73. The molecule has 2 rings (SSSR count). The molecule has 2 unspecified atom stereocenters. The molecule has 1 aliphatic rings. The predicted molar refractivity (Wildman–Crippen MR) is 85.9 cm³/mol. The molecule has 3 heteroatoms. The van der Waals surface area contributed by atoms with Crippen LogP contribution in [0.25, 0.3) is 0 Å². The summed E-state index contributed by atoms with van der Waals surface area (Å²) in [5, 5.41) is 2.13. The lowest BCUT2D eigenvalue weighted by Crippen LogP contribution is -2.37. The molecule has 0 aliphatic heterocycles. The third-order valence-electron chi connectivity index (χ3n) is 4.63. The minimum Gasteiger partial charge on any atom is -0.299 e. The molecule has 0 aromatic carbocycles. The van der Waals surface area contributed by atoms with Crippen molar-refractivity contribution in [3.63, 3.8) is 0 Å². The monoisotopic (exact) mass is 293 g/mol. The molecule has 1 saturated carbocycles. The van der Waals surface area contributed by atoms with E-state index in [9.17, 15) is 4.79 Å². The smallest absolute Gasteiger partial charge is 0.137 e. The zero-order chi connectivity index (χ0) is 14.5. The summed E-state index contributed by atoms with van der Waals surface area (Å²) < 4.78 is 0. The third-order valence-corrected chi connectivity index (χ3v) is 5.49. The van der Waals surface area contributed by atoms with Crippen molar-refractivity contribution in [3.05, 3.63) is 22.4 Å². The maximum absolute atomic E-state index is 12.2. The molecule has 1 heterocycles. The van der Waals surface area contributed by atoms with Gasteiger partial charge in [0, 0.05) is 30.3 Å². The number of rotatable bonds is 6. The van der Waals surface area contributed by atoms with Gasteiger partial charge in [0.15, 0.2) is 0 Å². The maximum Gasteiger partial charge on any atom is 0.137 e. The maximum atomic E-state index is 12.2. The van der Waals surface area contributed by atoms with Gasteiger partial charge in [0.25, 0.3) is 0 Å². The van der Waals surface area contributed by atoms with Crippen molar-refractivity contribution in [2.45, 2.75) is 46.6 Å². The normalized spacial score (nSPS) is 23.8. The number of carbonyl (C=O) groups is 1. The van der Waals surface area contributed by atoms with E-state index in [0.717, 1.165) is 44.8 Å². The topological polar surface area (TPSA) is 20.3 Å². The molecule has 0 N–H and O–H groups in total. The van der Waals surface area contributed by atoms with Gasteiger partial charge in [0.05, 0.1) is 0 Å². The van der Waals surface area contributed by atoms with E-state index in [0.29, 0.717) is 11.7 Å². The van der Waals surface area contributed by atoms with Gasteiger partial charge in [-0.3, -0.25) is 9.69 Å². The van der Waals surface area contributed by atoms with Crippen LogP contribution in [-0.2, 0) is 11.3 Å². The number of thiophene rings is 1. The summed E-state index contributed by atoms with van der Waals surface area (Å²) in [5.74, 6) is 2.19. The van der Waals surface area contributed by atoms with Gasteiger partial charge in [-0.2, -0.15) is 0 Å². The van der Waals surface area contributed by atoms with Gasteiger partial charge < -0.3 is 0 Å². The molecule has 0 bridgehead atoms. The fourth-order valence-corrected chi connectivity index (χ4v) is 3.91. The second-order valence-electron chi connectivity index (χ2n) is 6.35. The highest BCUT2D eigenvalue weighted by Crippen LogP contribution is 2.32. The molecular weight excluding hydrogens is 266 g/mol. The van der Waals surface area contributed by atoms with Gasteiger partial charge in [-0.1, -0.05) is 26.8 Å². The first-order chi connectivity index (χ1) is 9.60. The SMILES string of the molecule is CCN(Cc1cccs1)CC1CC(C(C)C)CCC1=O. The molecule has 2 atom stereocenters. The highest BCUT2D eigenvalue weighted by atomic mass is 32.1. The Hall–Kier alpha value is -0.670. The van der Waals surface area contributed by atoms with Crippen LogP contribution in [0, 0.1) is 17.8 Å². The summed E-state index contributed by atoms with van der Waals surface area (Å²) in [6, 6.07) is 4.29. The Morgan fingerprint density at radius 3 is 2.85 bits per heavy atom. The van der Waals surface area contributed by atoms with Gasteiger partial charge in [-0.15, -0.1) is 11.3 Å². The molecule has 0 saturated heterocycles. The third kappa shape index (κ3) is 4.16. The first-order valence-corrected chi connectivity index (χ1v) is 8.75. The van der Waals surface area contributed by atoms with Crippen molar-refractivity contribution in [2.24, 2.45) is 17.8 Å². The summed E-state index contributed by atoms with van der Waals surface area (Å²) in [6.07, 6.45) is 2.99. The van der Waals surface area contributed by atoms with Crippen LogP contribution in [0.2, 0.25) is 0 Å². The van der Waals surface area contributed by atoms with E-state index >= 15 is 0 Å². The number of carbonyl (C=O) groups excluding carboxylic acids is 1. The quantitative estimate of drug-likeness (QED) is 0.783. The summed E-state index contributed by atoms with van der Waals surface area (Å²) in [5.41, 5.74) is 0. The lowest BCUT2D eigenvalue weighted by Gasteiger charge is -2.33. The highest BCUT2D eigenvalue weighted by molar-refractivity contribution is 7.09. The predicted octanol–water partition coefficient (Wildman–Crippen LogP) is 4.21. The van der Waals surface area contributed by atoms with Gasteiger partial charge in [0.1, 0.15) is 5.78 Å². The van der Waals surface area contributed by atoms with Gasteiger partial charge in [-0.05, 0) is 42.7 Å². The minimum atomic E-state index is 0.260. The van der Waals surface area contributed by atoms with Crippen LogP contribution in [0.1, 0.15) is 44.9 Å². The molecule has 0 spiro atoms. The molecule has 1 aromatic heterocycles. The molecule has 2 nitrogen and oxygen atoms in total. The molecule has 1 aliphatic carbocycles. The molecule has 112 valence electrons. The summed E-state index contributed by atoms with van der Waals surface area (Å²) in [7, 11) is 0. The number of hydrogen-bond donors (Lipinski definition) is 0. The molecule has 20 heavy (non-hydrogen) atoms. The number of nitrogens with zero attached hydrogens (tertiary/aromatic N) is 1. The van der Waals surface area contributed by atoms with Crippen molar-refractivity contribution >= 4 is 17.1 Å². The largest absolute Gasteiger partial charge is 0.299 e. The van der Waals surface area contributed by atoms with E-state index in [-0.39, 0.29) is 5.92 Å². The zero-order valence-electron chi connectivity index (χ0n) is 13.0. The Balaban J connectivity index is 1.93. The summed E-state index contributed by atoms with van der Waals surface area (Å²) in [4.78, 5) is 16.0. The zero-order valence-corrected chi connectivity index (χ0v) is 13.8. The van der Waals surface area contributed by atoms with E-state index in [2.05, 4.69) is 43.2 Å². The minimum absolute atomic E-state index is 0.260. The Labute approximate surface area is 127 Å². The summed E-state index contributed by atoms with van der Waals surface area (Å²) >= 11 is 1.81. The van der Waals surface area contributed by atoms with E-state index in [1.807, 2.05) is 11.3 Å². The molecule has 1 fully saturated rings. The van der Waals surface area contributed by atoms with Crippen molar-refractivity contribution in [1.82, 2.24) is 4.90 Å². The van der Waals surface area contributed by atoms with Gasteiger partial charge in [-0.25, -0.2) is 0 Å². The fourth-order valence-electron chi connectivity index (χ4n) is 3.17. The van der Waals surface area contributed by atoms with Crippen LogP contribution < -0.4 is 0 Å². The second kappa shape index (κ2) is 7.37. The Bertz CT molecular complexity index is 413. The average Bonchev–Trinajstić information content (AvgIpc) is 2.92. The van der Waals surface area contributed by atoms with E-state index in [4.69, 9.17) is 0 Å². The van der Waals surface area contributed by atoms with Crippen LogP contribution in [0.3, 0.4) is 0 Å². The number of ketones is 1. The first kappa shape index (κ1) is 15.7. The average molecular weight is 293 g/mol. The fraction of sp³-hybridized carbons (Fsp3) is 0.706. The lowest BCUT2D eigenvalue weighted by molar-refractivity contribution is -0.126. The van der Waals surface area contributed by atoms with Crippen LogP contribution in [-0.4, -0.2) is 23.8 Å². The Morgan fingerprint density at radius 2 is 2.25 bits per heavy atom. The van der Waals surface area contributed by atoms with Crippen molar-refractivity contribution < 1.29 is 4.79 Å². The van der Waals surface area contributed by atoms with E-state index in [1.165, 1.54) is 4.88 Å². The van der Waals surface area contributed by atoms with Crippen molar-refractivity contribution in [1.29, 1.82) is 0 Å². The van der Waals surface area contributed by atoms with E-state index < -0.39 is 0 Å². The Kier molecular flexibility index (Phi) is 5.79. The van der Waals surface area contributed by atoms with Crippen LogP contribution in [0.4, 0.5) is 0 Å². The molecule has 0 radical (unpaired) electrons. The molecule has 0 amide bonds. The van der Waals surface area contributed by atoms with Crippen molar-refractivity contribution in [2.75, 3.05) is 13.1 Å². The van der Waals surface area contributed by atoms with Crippen LogP contribution in [0.15, 0.2) is 17.5 Å². The lowest BCUT2D eigenvalue weighted by atomic mass is 9.75. The van der Waals surface area contributed by atoms with Gasteiger partial charge in [0.2, 0.25) is 0 Å².